The molecule has 3 nitrogen and oxygen atoms in total. The van der Waals surface area contributed by atoms with Crippen LogP contribution >= 0.6 is 15.9 Å². The van der Waals surface area contributed by atoms with Gasteiger partial charge in [-0.3, -0.25) is 4.79 Å². The van der Waals surface area contributed by atoms with E-state index in [1.165, 1.54) is 0 Å². The van der Waals surface area contributed by atoms with Crippen molar-refractivity contribution >= 4 is 21.8 Å². The highest BCUT2D eigenvalue weighted by Crippen LogP contribution is 2.19. The SMILES string of the molecule is Cc1cc(Br)cc(C(=O)N2C[C@@H](C)O[C@@H](C)C2)c1. The first kappa shape index (κ1) is 13.6. The average Bonchev–Trinajstić information content (AvgIpc) is 2.25. The van der Waals surface area contributed by atoms with E-state index in [0.717, 1.165) is 15.6 Å². The summed E-state index contributed by atoms with van der Waals surface area (Å²) in [6, 6.07) is 5.80. The van der Waals surface area contributed by atoms with Crippen LogP contribution in [0.2, 0.25) is 0 Å². The van der Waals surface area contributed by atoms with Gasteiger partial charge < -0.3 is 9.64 Å². The third-order valence-corrected chi connectivity index (χ3v) is 3.45. The molecule has 4 heteroatoms. The summed E-state index contributed by atoms with van der Waals surface area (Å²) < 4.78 is 6.59. The lowest BCUT2D eigenvalue weighted by Crippen LogP contribution is -2.48. The molecule has 1 aromatic rings. The zero-order valence-corrected chi connectivity index (χ0v) is 12.5. The summed E-state index contributed by atoms with van der Waals surface area (Å²) in [5.41, 5.74) is 1.82. The van der Waals surface area contributed by atoms with E-state index in [1.54, 1.807) is 0 Å². The molecule has 1 aliphatic heterocycles. The molecule has 0 radical (unpaired) electrons. The molecule has 1 heterocycles. The fraction of sp³-hybridized carbons (Fsp3) is 0.500. The van der Waals surface area contributed by atoms with Crippen molar-refractivity contribution in [3.8, 4) is 0 Å². The lowest BCUT2D eigenvalue weighted by atomic mass is 10.1. The summed E-state index contributed by atoms with van der Waals surface area (Å²) in [7, 11) is 0. The molecule has 0 spiro atoms. The van der Waals surface area contributed by atoms with Crippen molar-refractivity contribution in [2.75, 3.05) is 13.1 Å². The number of ether oxygens (including phenoxy) is 1. The van der Waals surface area contributed by atoms with Crippen molar-refractivity contribution in [3.63, 3.8) is 0 Å². The van der Waals surface area contributed by atoms with Crippen LogP contribution in [-0.4, -0.2) is 36.1 Å². The number of hydrogen-bond donors (Lipinski definition) is 0. The van der Waals surface area contributed by atoms with Gasteiger partial charge in [-0.2, -0.15) is 0 Å². The quantitative estimate of drug-likeness (QED) is 0.798. The minimum absolute atomic E-state index is 0.0846. The zero-order valence-electron chi connectivity index (χ0n) is 10.9. The van der Waals surface area contributed by atoms with Crippen LogP contribution in [0.4, 0.5) is 0 Å². The van der Waals surface area contributed by atoms with Gasteiger partial charge in [-0.15, -0.1) is 0 Å². The Morgan fingerprint density at radius 3 is 2.44 bits per heavy atom. The molecular formula is C14H18BrNO2. The van der Waals surface area contributed by atoms with Crippen LogP contribution in [-0.2, 0) is 4.74 Å². The van der Waals surface area contributed by atoms with Gasteiger partial charge in [0.15, 0.2) is 0 Å². The monoisotopic (exact) mass is 311 g/mol. The summed E-state index contributed by atoms with van der Waals surface area (Å²) in [5, 5.41) is 0. The second-order valence-corrected chi connectivity index (χ2v) is 5.90. The molecule has 18 heavy (non-hydrogen) atoms. The van der Waals surface area contributed by atoms with Crippen molar-refractivity contribution in [1.29, 1.82) is 0 Å². The summed E-state index contributed by atoms with van der Waals surface area (Å²) in [5.74, 6) is 0.0846. The van der Waals surface area contributed by atoms with E-state index in [1.807, 2.05) is 43.9 Å². The fourth-order valence-electron chi connectivity index (χ4n) is 2.39. The first-order valence-corrected chi connectivity index (χ1v) is 6.97. The van der Waals surface area contributed by atoms with Crippen molar-refractivity contribution in [2.24, 2.45) is 0 Å². The van der Waals surface area contributed by atoms with Crippen molar-refractivity contribution in [3.05, 3.63) is 33.8 Å². The van der Waals surface area contributed by atoms with Gasteiger partial charge in [0, 0.05) is 23.1 Å². The van der Waals surface area contributed by atoms with Crippen LogP contribution in [0.1, 0.15) is 29.8 Å². The number of halogens is 1. The van der Waals surface area contributed by atoms with Crippen LogP contribution in [0.5, 0.6) is 0 Å². The van der Waals surface area contributed by atoms with Gasteiger partial charge in [-0.05, 0) is 44.5 Å². The number of morpholine rings is 1. The lowest BCUT2D eigenvalue weighted by molar-refractivity contribution is -0.0586. The molecule has 1 saturated heterocycles. The van der Waals surface area contributed by atoms with Gasteiger partial charge in [-0.1, -0.05) is 15.9 Å². The van der Waals surface area contributed by atoms with E-state index in [2.05, 4.69) is 15.9 Å². The standard InChI is InChI=1S/C14H18BrNO2/c1-9-4-12(6-13(15)5-9)14(17)16-7-10(2)18-11(3)8-16/h4-6,10-11H,7-8H2,1-3H3/t10-,11+. The van der Waals surface area contributed by atoms with E-state index >= 15 is 0 Å². The minimum atomic E-state index is 0.0846. The highest BCUT2D eigenvalue weighted by molar-refractivity contribution is 9.10. The summed E-state index contributed by atoms with van der Waals surface area (Å²) in [6.07, 6.45) is 0.205. The molecule has 2 rings (SSSR count). The molecule has 0 aromatic heterocycles. The predicted molar refractivity (Wildman–Crippen MR) is 74.8 cm³/mol. The first-order chi connectivity index (χ1) is 8.45. The molecule has 0 aliphatic carbocycles. The lowest BCUT2D eigenvalue weighted by Gasteiger charge is -2.35. The predicted octanol–water partition coefficient (Wildman–Crippen LogP) is 3.01. The van der Waals surface area contributed by atoms with Crippen LogP contribution in [0.3, 0.4) is 0 Å². The minimum Gasteiger partial charge on any atom is -0.372 e. The first-order valence-electron chi connectivity index (χ1n) is 6.17. The topological polar surface area (TPSA) is 29.5 Å². The molecule has 0 saturated carbocycles. The Hall–Kier alpha value is -0.870. The molecular weight excluding hydrogens is 294 g/mol. The molecule has 98 valence electrons. The Labute approximate surface area is 116 Å². The highest BCUT2D eigenvalue weighted by Gasteiger charge is 2.26. The normalized spacial score (nSPS) is 24.1. The third-order valence-electron chi connectivity index (χ3n) is 3.00. The summed E-state index contributed by atoms with van der Waals surface area (Å²) >= 11 is 3.43. The molecule has 2 atom stereocenters. The van der Waals surface area contributed by atoms with Gasteiger partial charge in [0.25, 0.3) is 5.91 Å². The van der Waals surface area contributed by atoms with Crippen LogP contribution in [0.25, 0.3) is 0 Å². The smallest absolute Gasteiger partial charge is 0.254 e. The molecule has 1 aliphatic rings. The number of nitrogens with zero attached hydrogens (tertiary/aromatic N) is 1. The van der Waals surface area contributed by atoms with Crippen molar-refractivity contribution in [1.82, 2.24) is 4.90 Å². The van der Waals surface area contributed by atoms with E-state index in [4.69, 9.17) is 4.74 Å². The number of carbonyl (C=O) groups is 1. The van der Waals surface area contributed by atoms with Gasteiger partial charge in [-0.25, -0.2) is 0 Å². The molecule has 1 fully saturated rings. The Balaban J connectivity index is 2.20. The van der Waals surface area contributed by atoms with Gasteiger partial charge in [0.1, 0.15) is 0 Å². The number of amides is 1. The second-order valence-electron chi connectivity index (χ2n) is 4.98. The third kappa shape index (κ3) is 3.12. The van der Waals surface area contributed by atoms with Crippen molar-refractivity contribution in [2.45, 2.75) is 33.0 Å². The van der Waals surface area contributed by atoms with Gasteiger partial charge >= 0.3 is 0 Å². The number of carbonyl (C=O) groups excluding carboxylic acids is 1. The number of aryl methyl sites for hydroxylation is 1. The second kappa shape index (κ2) is 5.41. The maximum Gasteiger partial charge on any atom is 0.254 e. The number of rotatable bonds is 1. The van der Waals surface area contributed by atoms with Gasteiger partial charge in [0.05, 0.1) is 12.2 Å². The maximum absolute atomic E-state index is 12.4. The Morgan fingerprint density at radius 2 is 1.89 bits per heavy atom. The molecule has 0 bridgehead atoms. The van der Waals surface area contributed by atoms with E-state index in [-0.39, 0.29) is 18.1 Å². The number of hydrogen-bond acceptors (Lipinski definition) is 2. The fourth-order valence-corrected chi connectivity index (χ4v) is 2.99. The summed E-state index contributed by atoms with van der Waals surface area (Å²) in [6.45, 7) is 7.32. The Bertz CT molecular complexity index is 431. The Kier molecular flexibility index (Phi) is 4.07. The maximum atomic E-state index is 12.4. The highest BCUT2D eigenvalue weighted by atomic mass is 79.9. The van der Waals surface area contributed by atoms with Crippen LogP contribution in [0, 0.1) is 6.92 Å². The van der Waals surface area contributed by atoms with E-state index in [0.29, 0.717) is 13.1 Å². The van der Waals surface area contributed by atoms with Crippen molar-refractivity contribution < 1.29 is 9.53 Å². The molecule has 0 N–H and O–H groups in total. The Morgan fingerprint density at radius 1 is 1.28 bits per heavy atom. The molecule has 0 unspecified atom stereocenters. The molecule has 1 amide bonds. The van der Waals surface area contributed by atoms with E-state index < -0.39 is 0 Å². The average molecular weight is 312 g/mol. The number of benzene rings is 1. The van der Waals surface area contributed by atoms with Crippen LogP contribution < -0.4 is 0 Å². The van der Waals surface area contributed by atoms with E-state index in [9.17, 15) is 4.79 Å². The summed E-state index contributed by atoms with van der Waals surface area (Å²) in [4.78, 5) is 14.3. The zero-order chi connectivity index (χ0) is 13.3. The van der Waals surface area contributed by atoms with Gasteiger partial charge in [0.2, 0.25) is 0 Å². The van der Waals surface area contributed by atoms with Crippen LogP contribution in [0.15, 0.2) is 22.7 Å². The molecule has 1 aromatic carbocycles. The largest absolute Gasteiger partial charge is 0.372 e.